The van der Waals surface area contributed by atoms with Crippen molar-refractivity contribution in [1.82, 2.24) is 4.72 Å². The molecule has 1 N–H and O–H groups in total. The lowest BCUT2D eigenvalue weighted by molar-refractivity contribution is 0.360. The molecule has 2 rings (SSSR count). The zero-order valence-corrected chi connectivity index (χ0v) is 12.9. The van der Waals surface area contributed by atoms with Gasteiger partial charge in [0, 0.05) is 11.4 Å². The first kappa shape index (κ1) is 14.8. The summed E-state index contributed by atoms with van der Waals surface area (Å²) in [5.74, 6) is -0.194. The summed E-state index contributed by atoms with van der Waals surface area (Å²) in [6.45, 7) is 7.92. The van der Waals surface area contributed by atoms with Crippen molar-refractivity contribution in [2.75, 3.05) is 0 Å². The lowest BCUT2D eigenvalue weighted by Crippen LogP contribution is -2.51. The van der Waals surface area contributed by atoms with Crippen molar-refractivity contribution in [3.8, 4) is 0 Å². The Labute approximate surface area is 118 Å². The first-order valence-corrected chi connectivity index (χ1v) is 7.86. The van der Waals surface area contributed by atoms with Crippen LogP contribution in [0.2, 0.25) is 0 Å². The van der Waals surface area contributed by atoms with E-state index in [1.807, 2.05) is 26.8 Å². The molecule has 0 unspecified atom stereocenters. The number of hydrogen-bond acceptors (Lipinski definition) is 2. The van der Waals surface area contributed by atoms with Gasteiger partial charge in [-0.1, -0.05) is 6.07 Å². The molecular formula is C15H22FNOS. The van der Waals surface area contributed by atoms with Crippen molar-refractivity contribution in [3.05, 3.63) is 35.1 Å². The molecule has 0 amide bonds. The van der Waals surface area contributed by atoms with Gasteiger partial charge in [-0.05, 0) is 70.2 Å². The second kappa shape index (κ2) is 5.08. The Kier molecular flexibility index (Phi) is 3.96. The second-order valence-corrected chi connectivity index (χ2v) is 8.44. The van der Waals surface area contributed by atoms with Gasteiger partial charge in [-0.15, -0.1) is 4.72 Å². The average molecular weight is 283 g/mol. The molecule has 0 saturated heterocycles. The fraction of sp³-hybridized carbons (Fsp3) is 0.600. The van der Waals surface area contributed by atoms with E-state index in [2.05, 4.69) is 11.6 Å². The number of nitrogens with one attached hydrogen (secondary N) is 1. The molecule has 106 valence electrons. The fourth-order valence-corrected chi connectivity index (χ4v) is 3.47. The predicted octanol–water partition coefficient (Wildman–Crippen LogP) is 3.43. The summed E-state index contributed by atoms with van der Waals surface area (Å²) < 4.78 is 28.6. The van der Waals surface area contributed by atoms with Gasteiger partial charge in [0.25, 0.3) is 0 Å². The Morgan fingerprint density at radius 1 is 1.37 bits per heavy atom. The number of rotatable bonds is 2. The molecule has 0 heterocycles. The Balaban J connectivity index is 2.31. The minimum absolute atomic E-state index is 0.194. The summed E-state index contributed by atoms with van der Waals surface area (Å²) in [5.41, 5.74) is 1.78. The fourth-order valence-electron chi connectivity index (χ4n) is 2.54. The molecule has 4 heteroatoms. The molecule has 0 spiro atoms. The maximum Gasteiger partial charge on any atom is 0.136 e. The van der Waals surface area contributed by atoms with Gasteiger partial charge >= 0.3 is 0 Å². The molecule has 2 nitrogen and oxygen atoms in total. The van der Waals surface area contributed by atoms with Crippen LogP contribution in [-0.2, 0) is 23.3 Å². The molecule has 0 bridgehead atoms. The summed E-state index contributed by atoms with van der Waals surface area (Å²) in [6.07, 6.45) is 2.81. The smallest absolute Gasteiger partial charge is 0.136 e. The molecule has 1 aromatic carbocycles. The first-order chi connectivity index (χ1) is 8.72. The number of aryl methyl sites for hydroxylation is 1. The van der Waals surface area contributed by atoms with Crippen molar-refractivity contribution < 1.29 is 8.94 Å². The zero-order chi connectivity index (χ0) is 14.3. The average Bonchev–Trinajstić information content (AvgIpc) is 2.27. The molecule has 19 heavy (non-hydrogen) atoms. The van der Waals surface area contributed by atoms with E-state index in [0.29, 0.717) is 0 Å². The van der Waals surface area contributed by atoms with Crippen LogP contribution < -0.4 is 4.72 Å². The van der Waals surface area contributed by atoms with Crippen LogP contribution in [0.3, 0.4) is 0 Å². The van der Waals surface area contributed by atoms with Crippen molar-refractivity contribution in [3.63, 3.8) is 0 Å². The highest BCUT2D eigenvalue weighted by atomic mass is 32.2. The minimum atomic E-state index is -1.13. The van der Waals surface area contributed by atoms with Crippen molar-refractivity contribution >= 4 is 11.4 Å². The topological polar surface area (TPSA) is 35.1 Å². The van der Waals surface area contributed by atoms with Crippen LogP contribution in [0, 0.1) is 5.82 Å². The van der Waals surface area contributed by atoms with Crippen LogP contribution in [0.25, 0.3) is 0 Å². The van der Waals surface area contributed by atoms with Crippen molar-refractivity contribution in [2.45, 2.75) is 57.2 Å². The SMILES string of the molecule is CC(C)(C)[S@+]([O-])N[C@@]1(C)CCCc2cc(F)ccc21. The highest BCUT2D eigenvalue weighted by Crippen LogP contribution is 2.37. The predicted molar refractivity (Wildman–Crippen MR) is 77.7 cm³/mol. The number of fused-ring (bicyclic) bond motifs is 1. The van der Waals surface area contributed by atoms with E-state index in [4.69, 9.17) is 0 Å². The summed E-state index contributed by atoms with van der Waals surface area (Å²) in [7, 11) is 0. The molecular weight excluding hydrogens is 261 g/mol. The van der Waals surface area contributed by atoms with Gasteiger partial charge in [-0.25, -0.2) is 4.39 Å². The highest BCUT2D eigenvalue weighted by Gasteiger charge is 2.39. The van der Waals surface area contributed by atoms with E-state index in [1.165, 1.54) is 6.07 Å². The van der Waals surface area contributed by atoms with Crippen LogP contribution in [0.5, 0.6) is 0 Å². The monoisotopic (exact) mass is 283 g/mol. The molecule has 0 fully saturated rings. The number of hydrogen-bond donors (Lipinski definition) is 1. The third kappa shape index (κ3) is 3.12. The van der Waals surface area contributed by atoms with E-state index < -0.39 is 11.4 Å². The normalized spacial score (nSPS) is 24.9. The summed E-state index contributed by atoms with van der Waals surface area (Å²) >= 11 is -1.13. The van der Waals surface area contributed by atoms with Gasteiger partial charge in [0.15, 0.2) is 0 Å². The van der Waals surface area contributed by atoms with Crippen LogP contribution in [0.15, 0.2) is 18.2 Å². The molecule has 1 aliphatic carbocycles. The van der Waals surface area contributed by atoms with Gasteiger partial charge in [-0.2, -0.15) is 0 Å². The Morgan fingerprint density at radius 2 is 2.05 bits per heavy atom. The molecule has 1 aromatic rings. The van der Waals surface area contributed by atoms with Gasteiger partial charge in [0.05, 0.1) is 5.54 Å². The number of halogens is 1. The van der Waals surface area contributed by atoms with Gasteiger partial charge in [-0.3, -0.25) is 0 Å². The van der Waals surface area contributed by atoms with Gasteiger partial charge in [0.2, 0.25) is 0 Å². The molecule has 0 saturated carbocycles. The first-order valence-electron chi connectivity index (χ1n) is 6.71. The second-order valence-electron chi connectivity index (χ2n) is 6.47. The largest absolute Gasteiger partial charge is 0.598 e. The summed E-state index contributed by atoms with van der Waals surface area (Å²) in [6, 6.07) is 4.93. The van der Waals surface area contributed by atoms with E-state index >= 15 is 0 Å². The Bertz CT molecular complexity index is 472. The highest BCUT2D eigenvalue weighted by molar-refractivity contribution is 7.90. The molecule has 1 aliphatic rings. The number of benzene rings is 1. The maximum atomic E-state index is 13.3. The Morgan fingerprint density at radius 3 is 2.68 bits per heavy atom. The van der Waals surface area contributed by atoms with Crippen molar-refractivity contribution in [2.24, 2.45) is 0 Å². The molecule has 2 atom stereocenters. The van der Waals surface area contributed by atoms with E-state index in [9.17, 15) is 8.94 Å². The summed E-state index contributed by atoms with van der Waals surface area (Å²) in [5, 5.41) is 0. The molecule has 0 aromatic heterocycles. The minimum Gasteiger partial charge on any atom is -0.598 e. The maximum absolute atomic E-state index is 13.3. The van der Waals surface area contributed by atoms with E-state index in [-0.39, 0.29) is 16.1 Å². The Hall–Kier alpha value is -0.580. The lowest BCUT2D eigenvalue weighted by Gasteiger charge is -2.38. The lowest BCUT2D eigenvalue weighted by atomic mass is 9.78. The standard InChI is InChI=1S/C15H22FNOS/c1-14(2,3)19(18)17-15(4)9-5-6-11-10-12(16)7-8-13(11)15/h7-8,10,17H,5-6,9H2,1-4H3/t15-,19-/m0/s1. The van der Waals surface area contributed by atoms with E-state index in [0.717, 1.165) is 30.4 Å². The van der Waals surface area contributed by atoms with E-state index in [1.54, 1.807) is 6.07 Å². The zero-order valence-electron chi connectivity index (χ0n) is 12.0. The van der Waals surface area contributed by atoms with Crippen LogP contribution in [-0.4, -0.2) is 9.30 Å². The van der Waals surface area contributed by atoms with Crippen LogP contribution >= 0.6 is 0 Å². The third-order valence-electron chi connectivity index (χ3n) is 3.66. The molecule has 0 radical (unpaired) electrons. The quantitative estimate of drug-likeness (QED) is 0.844. The van der Waals surface area contributed by atoms with Crippen molar-refractivity contribution in [1.29, 1.82) is 0 Å². The third-order valence-corrected chi connectivity index (χ3v) is 5.41. The van der Waals surface area contributed by atoms with Gasteiger partial charge < -0.3 is 4.55 Å². The van der Waals surface area contributed by atoms with Crippen LogP contribution in [0.4, 0.5) is 4.39 Å². The summed E-state index contributed by atoms with van der Waals surface area (Å²) in [4.78, 5) is 0. The van der Waals surface area contributed by atoms with Crippen LogP contribution in [0.1, 0.15) is 51.7 Å². The van der Waals surface area contributed by atoms with Gasteiger partial charge in [0.1, 0.15) is 10.6 Å². The molecule has 0 aliphatic heterocycles.